The average Bonchev–Trinajstić information content (AvgIpc) is 2.57. The highest BCUT2D eigenvalue weighted by atomic mass is 35.5. The van der Waals surface area contributed by atoms with E-state index in [4.69, 9.17) is 11.6 Å². The molecule has 0 saturated heterocycles. The quantitative estimate of drug-likeness (QED) is 0.666. The van der Waals surface area contributed by atoms with Crippen molar-refractivity contribution in [3.05, 3.63) is 76.6 Å². The summed E-state index contributed by atoms with van der Waals surface area (Å²) in [4.78, 5) is 8.43. The Kier molecular flexibility index (Phi) is 5.09. The fourth-order valence-corrected chi connectivity index (χ4v) is 2.50. The molecular formula is C18H15ClF2N4. The predicted molar refractivity (Wildman–Crippen MR) is 95.2 cm³/mol. The molecule has 0 unspecified atom stereocenters. The molecule has 0 aliphatic heterocycles. The van der Waals surface area contributed by atoms with Gasteiger partial charge in [-0.05, 0) is 30.7 Å². The van der Waals surface area contributed by atoms with Gasteiger partial charge in [0.15, 0.2) is 0 Å². The van der Waals surface area contributed by atoms with E-state index in [-0.39, 0.29) is 11.5 Å². The van der Waals surface area contributed by atoms with Gasteiger partial charge in [0.1, 0.15) is 34.8 Å². The highest BCUT2D eigenvalue weighted by Crippen LogP contribution is 2.24. The third-order valence-corrected chi connectivity index (χ3v) is 3.84. The Hall–Kier alpha value is -2.73. The summed E-state index contributed by atoms with van der Waals surface area (Å²) in [5, 5.41) is 6.44. The van der Waals surface area contributed by atoms with Crippen LogP contribution in [0.3, 0.4) is 0 Å². The van der Waals surface area contributed by atoms with Crippen LogP contribution in [0.1, 0.15) is 11.4 Å². The number of halogens is 3. The second kappa shape index (κ2) is 7.44. The lowest BCUT2D eigenvalue weighted by Gasteiger charge is -2.12. The zero-order valence-corrected chi connectivity index (χ0v) is 14.1. The third-order valence-electron chi connectivity index (χ3n) is 3.47. The molecule has 0 fully saturated rings. The minimum absolute atomic E-state index is 0.252. The molecule has 25 heavy (non-hydrogen) atoms. The van der Waals surface area contributed by atoms with Crippen LogP contribution in [0.5, 0.6) is 0 Å². The molecule has 1 heterocycles. The van der Waals surface area contributed by atoms with Crippen molar-refractivity contribution in [2.75, 3.05) is 10.6 Å². The van der Waals surface area contributed by atoms with Gasteiger partial charge in [-0.1, -0.05) is 35.9 Å². The Morgan fingerprint density at radius 3 is 2.36 bits per heavy atom. The molecular weight excluding hydrogens is 346 g/mol. The highest BCUT2D eigenvalue weighted by molar-refractivity contribution is 6.31. The van der Waals surface area contributed by atoms with Crippen molar-refractivity contribution >= 4 is 28.9 Å². The van der Waals surface area contributed by atoms with Crippen LogP contribution in [-0.4, -0.2) is 9.97 Å². The van der Waals surface area contributed by atoms with Crippen molar-refractivity contribution in [2.45, 2.75) is 13.5 Å². The number of rotatable bonds is 5. The number of hydrogen-bond donors (Lipinski definition) is 2. The number of anilines is 3. The van der Waals surface area contributed by atoms with E-state index in [0.29, 0.717) is 23.2 Å². The first-order valence-electron chi connectivity index (χ1n) is 7.57. The molecule has 0 aliphatic carbocycles. The third kappa shape index (κ3) is 4.22. The summed E-state index contributed by atoms with van der Waals surface area (Å²) in [6.07, 6.45) is 0. The maximum absolute atomic E-state index is 13.8. The van der Waals surface area contributed by atoms with Crippen LogP contribution in [0.25, 0.3) is 0 Å². The summed E-state index contributed by atoms with van der Waals surface area (Å²) >= 11 is 6.13. The molecule has 2 aromatic carbocycles. The first-order chi connectivity index (χ1) is 12.0. The molecule has 0 spiro atoms. The van der Waals surface area contributed by atoms with E-state index in [2.05, 4.69) is 20.6 Å². The van der Waals surface area contributed by atoms with E-state index >= 15 is 0 Å². The summed E-state index contributed by atoms with van der Waals surface area (Å²) in [6.45, 7) is 2.16. The molecule has 0 radical (unpaired) electrons. The van der Waals surface area contributed by atoms with E-state index in [1.807, 2.05) is 18.2 Å². The van der Waals surface area contributed by atoms with Crippen molar-refractivity contribution in [3.8, 4) is 0 Å². The number of benzene rings is 2. The van der Waals surface area contributed by atoms with Crippen LogP contribution >= 0.6 is 11.6 Å². The minimum Gasteiger partial charge on any atom is -0.366 e. The second-order valence-corrected chi connectivity index (χ2v) is 5.76. The SMILES string of the molecule is Cc1nc(NCc2ccccc2Cl)cc(Nc2c(F)cccc2F)n1. The van der Waals surface area contributed by atoms with E-state index in [9.17, 15) is 8.78 Å². The molecule has 0 saturated carbocycles. The predicted octanol–water partition coefficient (Wildman–Crippen LogP) is 5.07. The van der Waals surface area contributed by atoms with Gasteiger partial charge in [0.05, 0.1) is 0 Å². The molecule has 3 rings (SSSR count). The van der Waals surface area contributed by atoms with Crippen LogP contribution in [0.4, 0.5) is 26.1 Å². The van der Waals surface area contributed by atoms with Gasteiger partial charge in [-0.2, -0.15) is 0 Å². The van der Waals surface area contributed by atoms with E-state index in [1.165, 1.54) is 18.2 Å². The van der Waals surface area contributed by atoms with E-state index in [1.54, 1.807) is 19.1 Å². The molecule has 2 N–H and O–H groups in total. The average molecular weight is 361 g/mol. The lowest BCUT2D eigenvalue weighted by Crippen LogP contribution is -2.06. The molecule has 4 nitrogen and oxygen atoms in total. The van der Waals surface area contributed by atoms with E-state index < -0.39 is 11.6 Å². The van der Waals surface area contributed by atoms with Crippen LogP contribution in [0.15, 0.2) is 48.5 Å². The van der Waals surface area contributed by atoms with Crippen molar-refractivity contribution in [3.63, 3.8) is 0 Å². The van der Waals surface area contributed by atoms with Gasteiger partial charge in [0, 0.05) is 17.6 Å². The molecule has 3 aromatic rings. The monoisotopic (exact) mass is 360 g/mol. The minimum atomic E-state index is -0.693. The smallest absolute Gasteiger partial charge is 0.149 e. The first kappa shape index (κ1) is 17.1. The van der Waals surface area contributed by atoms with Gasteiger partial charge in [0.2, 0.25) is 0 Å². The summed E-state index contributed by atoms with van der Waals surface area (Å²) in [5.41, 5.74) is 0.660. The van der Waals surface area contributed by atoms with Crippen LogP contribution in [0, 0.1) is 18.6 Å². The molecule has 7 heteroatoms. The molecule has 1 aromatic heterocycles. The maximum atomic E-state index is 13.8. The number of aryl methyl sites for hydroxylation is 1. The van der Waals surface area contributed by atoms with Gasteiger partial charge >= 0.3 is 0 Å². The Labute approximate surface area is 148 Å². The first-order valence-corrected chi connectivity index (χ1v) is 7.95. The fourth-order valence-electron chi connectivity index (χ4n) is 2.30. The number of hydrogen-bond acceptors (Lipinski definition) is 4. The van der Waals surface area contributed by atoms with Gasteiger partial charge in [-0.25, -0.2) is 18.7 Å². The van der Waals surface area contributed by atoms with Crippen LogP contribution in [0.2, 0.25) is 5.02 Å². The Bertz CT molecular complexity index is 882. The van der Waals surface area contributed by atoms with Crippen molar-refractivity contribution in [1.29, 1.82) is 0 Å². The van der Waals surface area contributed by atoms with Crippen LogP contribution < -0.4 is 10.6 Å². The van der Waals surface area contributed by atoms with Gasteiger partial charge in [-0.3, -0.25) is 0 Å². The van der Waals surface area contributed by atoms with Crippen LogP contribution in [-0.2, 0) is 6.54 Å². The Balaban J connectivity index is 1.80. The Morgan fingerprint density at radius 2 is 1.64 bits per heavy atom. The van der Waals surface area contributed by atoms with Gasteiger partial charge < -0.3 is 10.6 Å². The summed E-state index contributed by atoms with van der Waals surface area (Å²) in [7, 11) is 0. The lowest BCUT2D eigenvalue weighted by molar-refractivity contribution is 0.590. The second-order valence-electron chi connectivity index (χ2n) is 5.35. The number of aromatic nitrogens is 2. The van der Waals surface area contributed by atoms with Gasteiger partial charge in [-0.15, -0.1) is 0 Å². The molecule has 0 atom stereocenters. The van der Waals surface area contributed by atoms with E-state index in [0.717, 1.165) is 5.56 Å². The molecule has 0 bridgehead atoms. The van der Waals surface area contributed by atoms with Crippen molar-refractivity contribution < 1.29 is 8.78 Å². The normalized spacial score (nSPS) is 10.6. The summed E-state index contributed by atoms with van der Waals surface area (Å²) in [5.74, 6) is -0.114. The van der Waals surface area contributed by atoms with Crippen molar-refractivity contribution in [2.24, 2.45) is 0 Å². The summed E-state index contributed by atoms with van der Waals surface area (Å²) in [6, 6.07) is 12.7. The molecule has 0 aliphatic rings. The maximum Gasteiger partial charge on any atom is 0.149 e. The topological polar surface area (TPSA) is 49.8 Å². The zero-order valence-electron chi connectivity index (χ0n) is 13.4. The standard InChI is InChI=1S/C18H15ClF2N4/c1-11-23-16(22-10-12-5-2-3-6-13(12)19)9-17(24-11)25-18-14(20)7-4-8-15(18)21/h2-9H,10H2,1H3,(H2,22,23,24,25). The summed E-state index contributed by atoms with van der Waals surface area (Å²) < 4.78 is 27.5. The van der Waals surface area contributed by atoms with Crippen molar-refractivity contribution in [1.82, 2.24) is 9.97 Å². The largest absolute Gasteiger partial charge is 0.366 e. The molecule has 0 amide bonds. The highest BCUT2D eigenvalue weighted by Gasteiger charge is 2.10. The number of nitrogens with zero attached hydrogens (tertiary/aromatic N) is 2. The van der Waals surface area contributed by atoms with Gasteiger partial charge in [0.25, 0.3) is 0 Å². The lowest BCUT2D eigenvalue weighted by atomic mass is 10.2. The molecule has 128 valence electrons. The fraction of sp³-hybridized carbons (Fsp3) is 0.111. The number of nitrogens with one attached hydrogen (secondary N) is 2. The Morgan fingerprint density at radius 1 is 0.960 bits per heavy atom. The number of para-hydroxylation sites is 1. The zero-order chi connectivity index (χ0) is 17.8.